The van der Waals surface area contributed by atoms with Gasteiger partial charge in [-0.25, -0.2) is 0 Å². The Morgan fingerprint density at radius 2 is 1.84 bits per heavy atom. The monoisotopic (exact) mass is 256 g/mol. The van der Waals surface area contributed by atoms with Crippen LogP contribution in [0.2, 0.25) is 0 Å². The first-order chi connectivity index (χ1) is 9.33. The maximum atomic E-state index is 10.7. The van der Waals surface area contributed by atoms with E-state index >= 15 is 0 Å². The third-order valence-corrected chi connectivity index (χ3v) is 2.53. The van der Waals surface area contributed by atoms with E-state index in [9.17, 15) is 4.79 Å². The van der Waals surface area contributed by atoms with Crippen LogP contribution in [-0.4, -0.2) is 12.9 Å². The normalized spacial score (nSPS) is 9.95. The summed E-state index contributed by atoms with van der Waals surface area (Å²) < 4.78 is 11.4. The van der Waals surface area contributed by atoms with E-state index in [0.717, 1.165) is 12.7 Å². The zero-order valence-corrected chi connectivity index (χ0v) is 10.8. The van der Waals surface area contributed by atoms with Gasteiger partial charge in [0.2, 0.25) is 0 Å². The van der Waals surface area contributed by atoms with E-state index in [1.54, 1.807) is 18.2 Å². The fourth-order valence-electron chi connectivity index (χ4n) is 1.64. The lowest BCUT2D eigenvalue weighted by atomic mass is 10.2. The zero-order valence-electron chi connectivity index (χ0n) is 10.8. The number of hydrogen-bond acceptors (Lipinski definition) is 3. The highest BCUT2D eigenvalue weighted by Gasteiger charge is 2.05. The van der Waals surface area contributed by atoms with E-state index in [1.165, 1.54) is 0 Å². The van der Waals surface area contributed by atoms with Crippen LogP contribution in [0.4, 0.5) is 0 Å². The molecule has 0 radical (unpaired) electrons. The Kier molecular flexibility index (Phi) is 4.56. The van der Waals surface area contributed by atoms with Crippen molar-refractivity contribution in [2.45, 2.75) is 13.3 Å². The average molecular weight is 256 g/mol. The average Bonchev–Trinajstić information content (AvgIpc) is 2.46. The molecule has 0 bridgehead atoms. The van der Waals surface area contributed by atoms with Gasteiger partial charge >= 0.3 is 0 Å². The number of ether oxygens (including phenoxy) is 2. The van der Waals surface area contributed by atoms with Gasteiger partial charge in [0.15, 0.2) is 11.5 Å². The van der Waals surface area contributed by atoms with E-state index in [0.29, 0.717) is 29.4 Å². The molecule has 0 N–H and O–H groups in total. The van der Waals surface area contributed by atoms with Gasteiger partial charge in [-0.3, -0.25) is 4.79 Å². The molecule has 3 nitrogen and oxygen atoms in total. The van der Waals surface area contributed by atoms with Crippen molar-refractivity contribution in [3.63, 3.8) is 0 Å². The second kappa shape index (κ2) is 6.59. The zero-order chi connectivity index (χ0) is 13.5. The van der Waals surface area contributed by atoms with Crippen molar-refractivity contribution in [1.82, 2.24) is 0 Å². The summed E-state index contributed by atoms with van der Waals surface area (Å²) in [6.07, 6.45) is 1.74. The largest absolute Gasteiger partial charge is 0.490 e. The Balaban J connectivity index is 2.19. The minimum Gasteiger partial charge on any atom is -0.490 e. The Hall–Kier alpha value is -2.29. The van der Waals surface area contributed by atoms with Crippen LogP contribution in [0, 0.1) is 0 Å². The molecule has 19 heavy (non-hydrogen) atoms. The summed E-state index contributed by atoms with van der Waals surface area (Å²) in [6, 6.07) is 14.5. The first-order valence-corrected chi connectivity index (χ1v) is 6.28. The molecule has 2 aromatic carbocycles. The van der Waals surface area contributed by atoms with Gasteiger partial charge in [-0.05, 0) is 30.7 Å². The van der Waals surface area contributed by atoms with Gasteiger partial charge in [-0.1, -0.05) is 31.2 Å². The lowest BCUT2D eigenvalue weighted by molar-refractivity contribution is 0.112. The highest BCUT2D eigenvalue weighted by molar-refractivity contribution is 5.75. The summed E-state index contributed by atoms with van der Waals surface area (Å²) >= 11 is 0. The molecule has 3 heteroatoms. The number of hydrogen-bond donors (Lipinski definition) is 0. The summed E-state index contributed by atoms with van der Waals surface area (Å²) in [6.45, 7) is 2.70. The molecule has 0 saturated carbocycles. The number of aldehydes is 1. The highest BCUT2D eigenvalue weighted by Crippen LogP contribution is 2.31. The SMILES string of the molecule is CCCOc1ccccc1Oc1cccc(C=O)c1. The Morgan fingerprint density at radius 1 is 1.05 bits per heavy atom. The summed E-state index contributed by atoms with van der Waals surface area (Å²) in [5.41, 5.74) is 0.587. The quantitative estimate of drug-likeness (QED) is 0.730. The maximum absolute atomic E-state index is 10.7. The van der Waals surface area contributed by atoms with Crippen LogP contribution >= 0.6 is 0 Å². The van der Waals surface area contributed by atoms with Crippen molar-refractivity contribution in [3.8, 4) is 17.2 Å². The first kappa shape index (κ1) is 13.1. The molecular weight excluding hydrogens is 240 g/mol. The van der Waals surface area contributed by atoms with Crippen LogP contribution < -0.4 is 9.47 Å². The molecular formula is C16H16O3. The van der Waals surface area contributed by atoms with Crippen LogP contribution in [0.25, 0.3) is 0 Å². The molecule has 0 fully saturated rings. The molecule has 0 spiro atoms. The summed E-state index contributed by atoms with van der Waals surface area (Å²) in [5, 5.41) is 0. The summed E-state index contributed by atoms with van der Waals surface area (Å²) in [7, 11) is 0. The fraction of sp³-hybridized carbons (Fsp3) is 0.188. The minimum absolute atomic E-state index is 0.587. The molecule has 0 aliphatic heterocycles. The Labute approximate surface area is 112 Å². The van der Waals surface area contributed by atoms with Crippen LogP contribution in [0.15, 0.2) is 48.5 Å². The van der Waals surface area contributed by atoms with Gasteiger partial charge in [0.05, 0.1) is 6.61 Å². The Bertz CT molecular complexity index is 549. The van der Waals surface area contributed by atoms with E-state index in [2.05, 4.69) is 6.92 Å². The van der Waals surface area contributed by atoms with Gasteiger partial charge in [0, 0.05) is 5.56 Å². The predicted octanol–water partition coefficient (Wildman–Crippen LogP) is 4.08. The predicted molar refractivity (Wildman–Crippen MR) is 74.1 cm³/mol. The molecule has 0 heterocycles. The van der Waals surface area contributed by atoms with Gasteiger partial charge in [0.1, 0.15) is 12.0 Å². The third-order valence-electron chi connectivity index (χ3n) is 2.53. The lowest BCUT2D eigenvalue weighted by Crippen LogP contribution is -1.97. The van der Waals surface area contributed by atoms with Gasteiger partial charge in [-0.15, -0.1) is 0 Å². The fourth-order valence-corrected chi connectivity index (χ4v) is 1.64. The van der Waals surface area contributed by atoms with E-state index in [1.807, 2.05) is 30.3 Å². The summed E-state index contributed by atoms with van der Waals surface area (Å²) in [4.78, 5) is 10.7. The molecule has 2 aromatic rings. The number of para-hydroxylation sites is 2. The van der Waals surface area contributed by atoms with E-state index in [4.69, 9.17) is 9.47 Å². The standard InChI is InChI=1S/C16H16O3/c1-2-10-18-15-8-3-4-9-16(15)19-14-7-5-6-13(11-14)12-17/h3-9,11-12H,2,10H2,1H3. The van der Waals surface area contributed by atoms with Crippen molar-refractivity contribution in [3.05, 3.63) is 54.1 Å². The second-order valence-electron chi connectivity index (χ2n) is 4.09. The molecule has 0 amide bonds. The minimum atomic E-state index is 0.587. The molecule has 0 unspecified atom stereocenters. The number of carbonyl (C=O) groups excluding carboxylic acids is 1. The van der Waals surface area contributed by atoms with Crippen molar-refractivity contribution in [1.29, 1.82) is 0 Å². The highest BCUT2D eigenvalue weighted by atomic mass is 16.5. The van der Waals surface area contributed by atoms with Crippen molar-refractivity contribution < 1.29 is 14.3 Å². The molecule has 2 rings (SSSR count). The Morgan fingerprint density at radius 3 is 2.58 bits per heavy atom. The van der Waals surface area contributed by atoms with Crippen molar-refractivity contribution in [2.75, 3.05) is 6.61 Å². The van der Waals surface area contributed by atoms with Gasteiger partial charge < -0.3 is 9.47 Å². The molecule has 0 aliphatic rings. The first-order valence-electron chi connectivity index (χ1n) is 6.28. The number of rotatable bonds is 6. The topological polar surface area (TPSA) is 35.5 Å². The number of benzene rings is 2. The van der Waals surface area contributed by atoms with Crippen LogP contribution in [0.1, 0.15) is 23.7 Å². The molecule has 0 aliphatic carbocycles. The summed E-state index contributed by atoms with van der Waals surface area (Å²) in [5.74, 6) is 1.98. The molecule has 0 aromatic heterocycles. The third kappa shape index (κ3) is 3.58. The smallest absolute Gasteiger partial charge is 0.169 e. The molecule has 0 atom stereocenters. The van der Waals surface area contributed by atoms with Crippen LogP contribution in [0.3, 0.4) is 0 Å². The van der Waals surface area contributed by atoms with Crippen molar-refractivity contribution in [2.24, 2.45) is 0 Å². The van der Waals surface area contributed by atoms with E-state index in [-0.39, 0.29) is 0 Å². The lowest BCUT2D eigenvalue weighted by Gasteiger charge is -2.11. The maximum Gasteiger partial charge on any atom is 0.169 e. The molecule has 0 saturated heterocycles. The number of carbonyl (C=O) groups is 1. The van der Waals surface area contributed by atoms with E-state index < -0.39 is 0 Å². The van der Waals surface area contributed by atoms with Gasteiger partial charge in [-0.2, -0.15) is 0 Å². The van der Waals surface area contributed by atoms with Crippen LogP contribution in [0.5, 0.6) is 17.2 Å². The molecule has 98 valence electrons. The van der Waals surface area contributed by atoms with Gasteiger partial charge in [0.25, 0.3) is 0 Å². The van der Waals surface area contributed by atoms with Crippen LogP contribution in [-0.2, 0) is 0 Å². The second-order valence-corrected chi connectivity index (χ2v) is 4.09. The van der Waals surface area contributed by atoms with Crippen molar-refractivity contribution >= 4 is 6.29 Å².